The molecule has 2 rings (SSSR count). The van der Waals surface area contributed by atoms with Crippen molar-refractivity contribution in [1.29, 1.82) is 0 Å². The molecule has 14 heavy (non-hydrogen) atoms. The van der Waals surface area contributed by atoms with Crippen LogP contribution in [-0.4, -0.2) is 23.9 Å². The van der Waals surface area contributed by atoms with Crippen molar-refractivity contribution in [2.75, 3.05) is 19.0 Å². The van der Waals surface area contributed by atoms with Crippen LogP contribution in [0, 0.1) is 5.92 Å². The summed E-state index contributed by atoms with van der Waals surface area (Å²) in [6, 6.07) is 2.06. The number of halogens is 2. The number of hydrogen-bond acceptors (Lipinski definition) is 2. The SMILES string of the molecule is ClCC1CCN(Cc2csc(Cl)c2)C1. The van der Waals surface area contributed by atoms with E-state index in [2.05, 4.69) is 16.3 Å². The van der Waals surface area contributed by atoms with Gasteiger partial charge in [0.15, 0.2) is 0 Å². The van der Waals surface area contributed by atoms with Crippen molar-refractivity contribution in [3.05, 3.63) is 21.3 Å². The van der Waals surface area contributed by atoms with Crippen LogP contribution in [-0.2, 0) is 6.54 Å². The second-order valence-electron chi connectivity index (χ2n) is 3.80. The average Bonchev–Trinajstić information content (AvgIpc) is 2.76. The zero-order chi connectivity index (χ0) is 9.97. The number of thiophene rings is 1. The molecule has 0 amide bonds. The minimum Gasteiger partial charge on any atom is -0.299 e. The van der Waals surface area contributed by atoms with E-state index in [0.717, 1.165) is 23.3 Å². The molecule has 1 aliphatic rings. The third kappa shape index (κ3) is 2.63. The van der Waals surface area contributed by atoms with E-state index in [4.69, 9.17) is 23.2 Å². The van der Waals surface area contributed by atoms with Crippen LogP contribution in [0.25, 0.3) is 0 Å². The molecule has 0 N–H and O–H groups in total. The molecule has 0 saturated carbocycles. The summed E-state index contributed by atoms with van der Waals surface area (Å²) in [5.41, 5.74) is 1.33. The smallest absolute Gasteiger partial charge is 0.0931 e. The van der Waals surface area contributed by atoms with E-state index in [1.54, 1.807) is 11.3 Å². The summed E-state index contributed by atoms with van der Waals surface area (Å²) in [5.74, 6) is 1.48. The Morgan fingerprint density at radius 2 is 2.43 bits per heavy atom. The molecule has 1 aromatic heterocycles. The van der Waals surface area contributed by atoms with Crippen molar-refractivity contribution in [3.8, 4) is 0 Å². The van der Waals surface area contributed by atoms with Crippen molar-refractivity contribution >= 4 is 34.5 Å². The third-order valence-electron chi connectivity index (χ3n) is 2.62. The first-order chi connectivity index (χ1) is 6.78. The molecule has 1 unspecified atom stereocenters. The van der Waals surface area contributed by atoms with Gasteiger partial charge in [-0.05, 0) is 35.9 Å². The van der Waals surface area contributed by atoms with Gasteiger partial charge in [-0.2, -0.15) is 0 Å². The van der Waals surface area contributed by atoms with Gasteiger partial charge in [-0.3, -0.25) is 4.90 Å². The van der Waals surface area contributed by atoms with Gasteiger partial charge in [0.1, 0.15) is 0 Å². The molecular weight excluding hydrogens is 237 g/mol. The fourth-order valence-corrected chi connectivity index (χ4v) is 3.02. The van der Waals surface area contributed by atoms with Crippen LogP contribution in [0.4, 0.5) is 0 Å². The van der Waals surface area contributed by atoms with Gasteiger partial charge in [0.05, 0.1) is 4.34 Å². The maximum Gasteiger partial charge on any atom is 0.0931 e. The quantitative estimate of drug-likeness (QED) is 0.742. The van der Waals surface area contributed by atoms with Gasteiger partial charge < -0.3 is 0 Å². The van der Waals surface area contributed by atoms with E-state index < -0.39 is 0 Å². The normalized spacial score (nSPS) is 23.1. The molecular formula is C10H13Cl2NS. The Kier molecular flexibility index (Phi) is 3.72. The van der Waals surface area contributed by atoms with Gasteiger partial charge >= 0.3 is 0 Å². The van der Waals surface area contributed by atoms with Crippen molar-refractivity contribution in [2.24, 2.45) is 5.92 Å². The molecule has 2 heterocycles. The van der Waals surface area contributed by atoms with Crippen molar-refractivity contribution < 1.29 is 0 Å². The van der Waals surface area contributed by atoms with Gasteiger partial charge in [-0.1, -0.05) is 11.6 Å². The molecule has 1 aliphatic heterocycles. The average molecular weight is 250 g/mol. The summed E-state index contributed by atoms with van der Waals surface area (Å²) >= 11 is 13.3. The zero-order valence-electron chi connectivity index (χ0n) is 7.88. The lowest BCUT2D eigenvalue weighted by atomic mass is 10.2. The molecule has 1 saturated heterocycles. The fourth-order valence-electron chi connectivity index (χ4n) is 1.87. The van der Waals surface area contributed by atoms with Gasteiger partial charge in [0.25, 0.3) is 0 Å². The number of hydrogen-bond donors (Lipinski definition) is 0. The van der Waals surface area contributed by atoms with Crippen LogP contribution in [0.5, 0.6) is 0 Å². The summed E-state index contributed by atoms with van der Waals surface area (Å²) in [6.45, 7) is 3.33. The van der Waals surface area contributed by atoms with Gasteiger partial charge in [-0.15, -0.1) is 22.9 Å². The first-order valence-corrected chi connectivity index (χ1v) is 6.58. The predicted molar refractivity (Wildman–Crippen MR) is 63.4 cm³/mol. The predicted octanol–water partition coefficient (Wildman–Crippen LogP) is 3.46. The second-order valence-corrected chi connectivity index (χ2v) is 5.65. The summed E-state index contributed by atoms with van der Waals surface area (Å²) in [7, 11) is 0. The molecule has 4 heteroatoms. The van der Waals surface area contributed by atoms with E-state index in [-0.39, 0.29) is 0 Å². The van der Waals surface area contributed by atoms with Crippen molar-refractivity contribution in [2.45, 2.75) is 13.0 Å². The van der Waals surface area contributed by atoms with Crippen LogP contribution in [0.15, 0.2) is 11.4 Å². The Labute approximate surface area is 98.6 Å². The van der Waals surface area contributed by atoms with Crippen molar-refractivity contribution in [3.63, 3.8) is 0 Å². The Morgan fingerprint density at radius 1 is 1.57 bits per heavy atom. The topological polar surface area (TPSA) is 3.24 Å². The highest BCUT2D eigenvalue weighted by molar-refractivity contribution is 7.14. The Balaban J connectivity index is 1.87. The lowest BCUT2D eigenvalue weighted by molar-refractivity contribution is 0.321. The number of alkyl halides is 1. The van der Waals surface area contributed by atoms with E-state index in [9.17, 15) is 0 Å². The second kappa shape index (κ2) is 4.84. The van der Waals surface area contributed by atoms with E-state index in [0.29, 0.717) is 5.92 Å². The molecule has 0 spiro atoms. The zero-order valence-corrected chi connectivity index (χ0v) is 10.2. The molecule has 1 fully saturated rings. The van der Waals surface area contributed by atoms with E-state index in [1.165, 1.54) is 18.5 Å². The molecule has 0 aromatic carbocycles. The standard InChI is InChI=1S/C10H13Cl2NS/c11-4-8-1-2-13(5-8)6-9-3-10(12)14-7-9/h3,7-8H,1-2,4-6H2. The minimum atomic E-state index is 0.686. The highest BCUT2D eigenvalue weighted by Gasteiger charge is 2.21. The minimum absolute atomic E-state index is 0.686. The third-order valence-corrected chi connectivity index (χ3v) is 4.19. The molecule has 1 nitrogen and oxygen atoms in total. The molecule has 78 valence electrons. The van der Waals surface area contributed by atoms with Gasteiger partial charge in [0.2, 0.25) is 0 Å². The lowest BCUT2D eigenvalue weighted by Crippen LogP contribution is -2.20. The van der Waals surface area contributed by atoms with Crippen LogP contribution in [0.3, 0.4) is 0 Å². The van der Waals surface area contributed by atoms with Crippen LogP contribution in [0.1, 0.15) is 12.0 Å². The number of nitrogens with zero attached hydrogens (tertiary/aromatic N) is 1. The first kappa shape index (κ1) is 10.7. The number of rotatable bonds is 3. The summed E-state index contributed by atoms with van der Waals surface area (Å²) < 4.78 is 0.882. The summed E-state index contributed by atoms with van der Waals surface area (Å²) in [6.07, 6.45) is 1.24. The molecule has 0 radical (unpaired) electrons. The first-order valence-electron chi connectivity index (χ1n) is 4.79. The summed E-state index contributed by atoms with van der Waals surface area (Å²) in [4.78, 5) is 2.45. The van der Waals surface area contributed by atoms with Gasteiger partial charge in [0, 0.05) is 19.0 Å². The van der Waals surface area contributed by atoms with E-state index in [1.807, 2.05) is 0 Å². The fraction of sp³-hybridized carbons (Fsp3) is 0.600. The monoisotopic (exact) mass is 249 g/mol. The Bertz CT molecular complexity index is 300. The van der Waals surface area contributed by atoms with Gasteiger partial charge in [-0.25, -0.2) is 0 Å². The Hall–Kier alpha value is 0.240. The van der Waals surface area contributed by atoms with Crippen LogP contribution in [0.2, 0.25) is 4.34 Å². The maximum atomic E-state index is 5.88. The molecule has 0 aliphatic carbocycles. The highest BCUT2D eigenvalue weighted by Crippen LogP contribution is 2.24. The van der Waals surface area contributed by atoms with Crippen LogP contribution < -0.4 is 0 Å². The Morgan fingerprint density at radius 3 is 3.00 bits per heavy atom. The molecule has 0 bridgehead atoms. The highest BCUT2D eigenvalue weighted by atomic mass is 35.5. The summed E-state index contributed by atoms with van der Waals surface area (Å²) in [5, 5.41) is 2.14. The lowest BCUT2D eigenvalue weighted by Gasteiger charge is -2.13. The largest absolute Gasteiger partial charge is 0.299 e. The van der Waals surface area contributed by atoms with E-state index >= 15 is 0 Å². The molecule has 1 atom stereocenters. The molecule has 1 aromatic rings. The maximum absolute atomic E-state index is 5.88. The number of likely N-dealkylation sites (tertiary alicyclic amines) is 1. The van der Waals surface area contributed by atoms with Crippen molar-refractivity contribution in [1.82, 2.24) is 4.90 Å². The van der Waals surface area contributed by atoms with Crippen LogP contribution >= 0.6 is 34.5 Å².